The van der Waals surface area contributed by atoms with Crippen molar-refractivity contribution in [3.8, 4) is 0 Å². The van der Waals surface area contributed by atoms with Crippen molar-refractivity contribution < 1.29 is 14.4 Å². The molecule has 1 aliphatic heterocycles. The molecule has 5 N–H and O–H groups in total. The number of hydrogen-bond acceptors (Lipinski definition) is 5. The molecule has 1 aromatic carbocycles. The summed E-state index contributed by atoms with van der Waals surface area (Å²) in [5.41, 5.74) is 5.78. The zero-order valence-corrected chi connectivity index (χ0v) is 19.0. The molecule has 8 nitrogen and oxygen atoms in total. The van der Waals surface area contributed by atoms with Crippen LogP contribution in [0.2, 0.25) is 0 Å². The minimum Gasteiger partial charge on any atom is -0.376 e. The van der Waals surface area contributed by atoms with Crippen LogP contribution in [-0.4, -0.2) is 53.5 Å². The first-order chi connectivity index (χ1) is 15.3. The summed E-state index contributed by atoms with van der Waals surface area (Å²) in [7, 11) is 0. The number of carbonyl (C=O) groups is 3. The first-order valence-electron chi connectivity index (χ1n) is 11.6. The summed E-state index contributed by atoms with van der Waals surface area (Å²) in [5.74, 6) is 0.190. The lowest BCUT2D eigenvalue weighted by molar-refractivity contribution is -0.139. The lowest BCUT2D eigenvalue weighted by atomic mass is 10.1. The molecule has 32 heavy (non-hydrogen) atoms. The van der Waals surface area contributed by atoms with E-state index in [1.807, 2.05) is 6.92 Å². The van der Waals surface area contributed by atoms with Crippen LogP contribution in [0.5, 0.6) is 0 Å². The monoisotopic (exact) mass is 441 g/mol. The van der Waals surface area contributed by atoms with E-state index in [1.54, 1.807) is 29.2 Å². The number of amides is 3. The summed E-state index contributed by atoms with van der Waals surface area (Å²) < 4.78 is 0. The molecule has 1 saturated carbocycles. The number of primary amides is 1. The molecule has 1 saturated heterocycles. The number of likely N-dealkylation sites (tertiary alicyclic amines) is 1. The second-order valence-corrected chi connectivity index (χ2v) is 9.12. The molecule has 0 radical (unpaired) electrons. The van der Waals surface area contributed by atoms with Crippen molar-refractivity contribution in [3.05, 3.63) is 29.8 Å². The van der Waals surface area contributed by atoms with Crippen LogP contribution in [0.4, 0.5) is 5.69 Å². The summed E-state index contributed by atoms with van der Waals surface area (Å²) >= 11 is 0. The minimum absolute atomic E-state index is 0.0243. The summed E-state index contributed by atoms with van der Waals surface area (Å²) in [6.45, 7) is 4.94. The van der Waals surface area contributed by atoms with Gasteiger partial charge in [-0.1, -0.05) is 38.5 Å². The van der Waals surface area contributed by atoms with Gasteiger partial charge in [-0.2, -0.15) is 0 Å². The van der Waals surface area contributed by atoms with Crippen molar-refractivity contribution in [2.75, 3.05) is 18.4 Å². The Bertz CT molecular complexity index is 871. The number of hydrogen-bond donors (Lipinski definition) is 4. The average molecular weight is 442 g/mol. The summed E-state index contributed by atoms with van der Waals surface area (Å²) in [5, 5.41) is 14.0. The van der Waals surface area contributed by atoms with Gasteiger partial charge in [0, 0.05) is 23.8 Å². The second-order valence-electron chi connectivity index (χ2n) is 9.12. The Kier molecular flexibility index (Phi) is 7.88. The van der Waals surface area contributed by atoms with Gasteiger partial charge in [-0.3, -0.25) is 19.8 Å². The van der Waals surface area contributed by atoms with Gasteiger partial charge in [0.25, 0.3) is 5.91 Å². The molecule has 8 heteroatoms. The third-order valence-corrected chi connectivity index (χ3v) is 6.81. The van der Waals surface area contributed by atoms with E-state index >= 15 is 0 Å². The molecule has 0 bridgehead atoms. The lowest BCUT2D eigenvalue weighted by Crippen LogP contribution is -2.51. The molecule has 3 amide bonds. The number of nitrogens with one attached hydrogen (secondary N) is 3. The molecule has 4 unspecified atom stereocenters. The largest absolute Gasteiger partial charge is 0.376 e. The smallest absolute Gasteiger partial charge is 0.267 e. The normalized spacial score (nSPS) is 24.9. The molecular weight excluding hydrogens is 406 g/mol. The molecule has 3 rings (SSSR count). The van der Waals surface area contributed by atoms with Crippen LogP contribution < -0.4 is 16.4 Å². The highest BCUT2D eigenvalue weighted by Gasteiger charge is 2.40. The second kappa shape index (κ2) is 10.6. The standard InChI is InChI=1S/C24H35N5O3/c1-3-17-10-11-20(24(32)28-13-16-9-8-15(2)12-16)29(17)21(30)14-27-19-7-5-4-6-18(19)22(25)23(26)31/h4-7,15-17,20,25,27H,3,8-14H2,1-2H3,(H2,26,31)(H,28,32). The van der Waals surface area contributed by atoms with E-state index in [9.17, 15) is 14.4 Å². The maximum absolute atomic E-state index is 13.2. The maximum Gasteiger partial charge on any atom is 0.267 e. The van der Waals surface area contributed by atoms with Crippen molar-refractivity contribution in [1.29, 1.82) is 5.41 Å². The highest BCUT2D eigenvalue weighted by atomic mass is 16.2. The van der Waals surface area contributed by atoms with Gasteiger partial charge in [0.2, 0.25) is 11.8 Å². The Morgan fingerprint density at radius 3 is 2.56 bits per heavy atom. The molecule has 2 fully saturated rings. The van der Waals surface area contributed by atoms with Crippen LogP contribution in [0.25, 0.3) is 0 Å². The summed E-state index contributed by atoms with van der Waals surface area (Å²) in [6.07, 6.45) is 5.78. The van der Waals surface area contributed by atoms with E-state index in [2.05, 4.69) is 17.6 Å². The number of carbonyl (C=O) groups excluding carboxylic acids is 3. The Labute approximate surface area is 189 Å². The highest BCUT2D eigenvalue weighted by Crippen LogP contribution is 2.30. The predicted octanol–water partition coefficient (Wildman–Crippen LogP) is 2.27. The fraction of sp³-hybridized carbons (Fsp3) is 0.583. The lowest BCUT2D eigenvalue weighted by Gasteiger charge is -2.30. The van der Waals surface area contributed by atoms with Crippen LogP contribution in [0.3, 0.4) is 0 Å². The van der Waals surface area contributed by atoms with E-state index in [0.29, 0.717) is 30.1 Å². The summed E-state index contributed by atoms with van der Waals surface area (Å²) in [6, 6.07) is 6.37. The SMILES string of the molecule is CCC1CCC(C(=O)NCC2CCC(C)C2)N1C(=O)CNc1ccccc1C(=N)C(N)=O. The quantitative estimate of drug-likeness (QED) is 0.438. The van der Waals surface area contributed by atoms with Gasteiger partial charge in [0.05, 0.1) is 6.54 Å². The number of para-hydroxylation sites is 1. The van der Waals surface area contributed by atoms with Gasteiger partial charge in [-0.05, 0) is 50.0 Å². The topological polar surface area (TPSA) is 128 Å². The van der Waals surface area contributed by atoms with Crippen LogP contribution in [0.15, 0.2) is 24.3 Å². The van der Waals surface area contributed by atoms with E-state index in [4.69, 9.17) is 11.1 Å². The number of benzene rings is 1. The Morgan fingerprint density at radius 1 is 1.16 bits per heavy atom. The van der Waals surface area contributed by atoms with Crippen LogP contribution in [-0.2, 0) is 14.4 Å². The first kappa shape index (κ1) is 23.8. The van der Waals surface area contributed by atoms with Crippen LogP contribution in [0, 0.1) is 17.2 Å². The average Bonchev–Trinajstić information content (AvgIpc) is 3.41. The molecule has 0 spiro atoms. The predicted molar refractivity (Wildman–Crippen MR) is 124 cm³/mol. The Hall–Kier alpha value is -2.90. The van der Waals surface area contributed by atoms with Gasteiger partial charge < -0.3 is 21.3 Å². The first-order valence-corrected chi connectivity index (χ1v) is 11.6. The van der Waals surface area contributed by atoms with Gasteiger partial charge in [0.15, 0.2) is 0 Å². The Morgan fingerprint density at radius 2 is 1.91 bits per heavy atom. The number of nitrogens with two attached hydrogens (primary N) is 1. The van der Waals surface area contributed by atoms with Crippen molar-refractivity contribution in [3.63, 3.8) is 0 Å². The van der Waals surface area contributed by atoms with Crippen molar-refractivity contribution in [2.24, 2.45) is 17.6 Å². The molecule has 1 heterocycles. The van der Waals surface area contributed by atoms with Gasteiger partial charge in [-0.15, -0.1) is 0 Å². The fourth-order valence-corrected chi connectivity index (χ4v) is 5.04. The summed E-state index contributed by atoms with van der Waals surface area (Å²) in [4.78, 5) is 39.3. The number of anilines is 1. The zero-order valence-electron chi connectivity index (χ0n) is 19.0. The highest BCUT2D eigenvalue weighted by molar-refractivity contribution is 6.44. The molecule has 174 valence electrons. The van der Waals surface area contributed by atoms with Gasteiger partial charge in [0.1, 0.15) is 11.8 Å². The van der Waals surface area contributed by atoms with Crippen molar-refractivity contribution >= 4 is 29.1 Å². The van der Waals surface area contributed by atoms with E-state index in [-0.39, 0.29) is 30.1 Å². The number of nitrogens with zero attached hydrogens (tertiary/aromatic N) is 1. The van der Waals surface area contributed by atoms with E-state index in [1.165, 1.54) is 6.42 Å². The zero-order chi connectivity index (χ0) is 23.3. The fourth-order valence-electron chi connectivity index (χ4n) is 5.04. The number of rotatable bonds is 9. The Balaban J connectivity index is 1.63. The van der Waals surface area contributed by atoms with E-state index < -0.39 is 11.9 Å². The molecular formula is C24H35N5O3. The molecule has 1 aliphatic carbocycles. The van der Waals surface area contributed by atoms with E-state index in [0.717, 1.165) is 31.6 Å². The molecule has 2 aliphatic rings. The minimum atomic E-state index is -0.829. The van der Waals surface area contributed by atoms with Crippen LogP contribution >= 0.6 is 0 Å². The molecule has 4 atom stereocenters. The molecule has 0 aromatic heterocycles. The molecule has 1 aromatic rings. The van der Waals surface area contributed by atoms with Crippen molar-refractivity contribution in [1.82, 2.24) is 10.2 Å². The van der Waals surface area contributed by atoms with Gasteiger partial charge in [-0.25, -0.2) is 0 Å². The van der Waals surface area contributed by atoms with Crippen LogP contribution in [0.1, 0.15) is 57.9 Å². The van der Waals surface area contributed by atoms with Crippen molar-refractivity contribution in [2.45, 2.75) is 64.5 Å². The maximum atomic E-state index is 13.2. The van der Waals surface area contributed by atoms with Gasteiger partial charge >= 0.3 is 0 Å². The third-order valence-electron chi connectivity index (χ3n) is 6.81. The third kappa shape index (κ3) is 5.47.